The second kappa shape index (κ2) is 6.14. The molecule has 0 heterocycles. The number of halogens is 4. The van der Waals surface area contributed by atoms with Gasteiger partial charge in [-0.15, -0.1) is 11.6 Å². The number of carbonyl (C=O) groups is 1. The first-order chi connectivity index (χ1) is 8.74. The third-order valence-electron chi connectivity index (χ3n) is 2.40. The number of hydrogen-bond donors (Lipinski definition) is 1. The monoisotopic (exact) mass is 295 g/mol. The molecule has 0 radical (unpaired) electrons. The maximum atomic E-state index is 12.4. The van der Waals surface area contributed by atoms with Gasteiger partial charge in [-0.1, -0.05) is 6.07 Å². The minimum atomic E-state index is -4.51. The Morgan fingerprint density at radius 1 is 1.42 bits per heavy atom. The summed E-state index contributed by atoms with van der Waals surface area (Å²) in [5.74, 6) is -1.35. The van der Waals surface area contributed by atoms with Crippen molar-refractivity contribution in [1.82, 2.24) is 4.90 Å². The molecule has 106 valence electrons. The number of hydrogen-bond acceptors (Lipinski definition) is 2. The first kappa shape index (κ1) is 15.6. The van der Waals surface area contributed by atoms with Crippen LogP contribution in [0, 0.1) is 6.92 Å². The Morgan fingerprint density at radius 2 is 2.05 bits per heavy atom. The lowest BCUT2D eigenvalue weighted by Gasteiger charge is -2.23. The predicted molar refractivity (Wildman–Crippen MR) is 65.5 cm³/mol. The lowest BCUT2D eigenvalue weighted by Crippen LogP contribution is -2.40. The fraction of sp³-hybridized carbons (Fsp3) is 0.417. The topological polar surface area (TPSA) is 40.5 Å². The molecule has 0 aliphatic carbocycles. The van der Waals surface area contributed by atoms with Crippen LogP contribution in [-0.4, -0.2) is 41.1 Å². The van der Waals surface area contributed by atoms with Crippen molar-refractivity contribution in [1.29, 1.82) is 0 Å². The Balaban J connectivity index is 2.99. The van der Waals surface area contributed by atoms with Crippen molar-refractivity contribution in [3.63, 3.8) is 0 Å². The van der Waals surface area contributed by atoms with Gasteiger partial charge in [0.25, 0.3) is 5.91 Å². The number of aromatic hydroxyl groups is 1. The maximum Gasteiger partial charge on any atom is 0.406 e. The van der Waals surface area contributed by atoms with Crippen LogP contribution >= 0.6 is 11.6 Å². The molecular weight excluding hydrogens is 283 g/mol. The SMILES string of the molecule is Cc1ccc(C(=O)N(CCCl)CC(F)(F)F)c(O)c1. The highest BCUT2D eigenvalue weighted by atomic mass is 35.5. The van der Waals surface area contributed by atoms with Crippen molar-refractivity contribution >= 4 is 17.5 Å². The third kappa shape index (κ3) is 4.63. The Hall–Kier alpha value is -1.43. The fourth-order valence-corrected chi connectivity index (χ4v) is 1.77. The number of rotatable bonds is 4. The molecule has 3 nitrogen and oxygen atoms in total. The standard InChI is InChI=1S/C12H13ClF3NO2/c1-8-2-3-9(10(18)6-8)11(19)17(5-4-13)7-12(14,15)16/h2-3,6,18H,4-5,7H2,1H3. The van der Waals surface area contributed by atoms with Gasteiger partial charge in [-0.3, -0.25) is 4.79 Å². The number of nitrogens with zero attached hydrogens (tertiary/aromatic N) is 1. The number of phenolic OH excluding ortho intramolecular Hbond substituents is 1. The van der Waals surface area contributed by atoms with E-state index in [-0.39, 0.29) is 23.7 Å². The van der Waals surface area contributed by atoms with E-state index in [4.69, 9.17) is 11.6 Å². The van der Waals surface area contributed by atoms with Crippen LogP contribution in [0.3, 0.4) is 0 Å². The number of alkyl halides is 4. The quantitative estimate of drug-likeness (QED) is 0.868. The molecule has 1 aromatic rings. The summed E-state index contributed by atoms with van der Waals surface area (Å²) >= 11 is 5.40. The average molecular weight is 296 g/mol. The van der Waals surface area contributed by atoms with E-state index in [1.54, 1.807) is 13.0 Å². The molecule has 0 unspecified atom stereocenters. The average Bonchev–Trinajstić information content (AvgIpc) is 2.26. The van der Waals surface area contributed by atoms with Crippen LogP contribution in [0.15, 0.2) is 18.2 Å². The molecule has 7 heteroatoms. The van der Waals surface area contributed by atoms with Gasteiger partial charge in [0.1, 0.15) is 12.3 Å². The Morgan fingerprint density at radius 3 is 2.53 bits per heavy atom. The number of benzene rings is 1. The number of phenols is 1. The molecule has 0 saturated carbocycles. The minimum absolute atomic E-state index is 0.117. The second-order valence-electron chi connectivity index (χ2n) is 4.05. The Bertz CT molecular complexity index is 463. The summed E-state index contributed by atoms with van der Waals surface area (Å²) in [6.45, 7) is 0.0549. The zero-order valence-corrected chi connectivity index (χ0v) is 10.9. The lowest BCUT2D eigenvalue weighted by molar-refractivity contribution is -0.140. The van der Waals surface area contributed by atoms with Gasteiger partial charge >= 0.3 is 6.18 Å². The molecule has 0 atom stereocenters. The second-order valence-corrected chi connectivity index (χ2v) is 4.43. The van der Waals surface area contributed by atoms with Crippen molar-refractivity contribution in [2.75, 3.05) is 19.0 Å². The molecule has 0 saturated heterocycles. The normalized spacial score (nSPS) is 11.4. The highest BCUT2D eigenvalue weighted by Gasteiger charge is 2.33. The van der Waals surface area contributed by atoms with Gasteiger partial charge in [0.15, 0.2) is 0 Å². The first-order valence-electron chi connectivity index (χ1n) is 5.46. The zero-order valence-electron chi connectivity index (χ0n) is 10.2. The highest BCUT2D eigenvalue weighted by Crippen LogP contribution is 2.23. The van der Waals surface area contributed by atoms with Gasteiger partial charge < -0.3 is 10.0 Å². The number of aryl methyl sites for hydroxylation is 1. The molecule has 1 amide bonds. The summed E-state index contributed by atoms with van der Waals surface area (Å²) in [5.41, 5.74) is 0.536. The highest BCUT2D eigenvalue weighted by molar-refractivity contribution is 6.18. The summed E-state index contributed by atoms with van der Waals surface area (Å²) in [7, 11) is 0. The molecule has 0 fully saturated rings. The third-order valence-corrected chi connectivity index (χ3v) is 2.56. The summed E-state index contributed by atoms with van der Waals surface area (Å²) in [5, 5.41) is 9.62. The summed E-state index contributed by atoms with van der Waals surface area (Å²) in [4.78, 5) is 12.5. The molecule has 0 spiro atoms. The van der Waals surface area contributed by atoms with Gasteiger partial charge in [-0.2, -0.15) is 13.2 Å². The smallest absolute Gasteiger partial charge is 0.406 e. The van der Waals surface area contributed by atoms with Crippen LogP contribution < -0.4 is 0 Å². The molecule has 0 aromatic heterocycles. The van der Waals surface area contributed by atoms with E-state index in [1.807, 2.05) is 0 Å². The van der Waals surface area contributed by atoms with Crippen LogP contribution in [0.25, 0.3) is 0 Å². The maximum absolute atomic E-state index is 12.4. The molecule has 0 bridgehead atoms. The molecule has 1 rings (SSSR count). The van der Waals surface area contributed by atoms with E-state index in [1.165, 1.54) is 12.1 Å². The van der Waals surface area contributed by atoms with Crippen LogP contribution in [-0.2, 0) is 0 Å². The van der Waals surface area contributed by atoms with Gasteiger partial charge in [0.05, 0.1) is 5.56 Å². The van der Waals surface area contributed by atoms with Crippen molar-refractivity contribution in [3.8, 4) is 5.75 Å². The van der Waals surface area contributed by atoms with Gasteiger partial charge in [0.2, 0.25) is 0 Å². The lowest BCUT2D eigenvalue weighted by atomic mass is 10.1. The Kier molecular flexibility index (Phi) is 5.05. The van der Waals surface area contributed by atoms with E-state index in [0.29, 0.717) is 10.5 Å². The van der Waals surface area contributed by atoms with Crippen molar-refractivity contribution < 1.29 is 23.1 Å². The van der Waals surface area contributed by atoms with Gasteiger partial charge in [0, 0.05) is 12.4 Å². The predicted octanol–water partition coefficient (Wildman–Crippen LogP) is 2.94. The largest absolute Gasteiger partial charge is 0.507 e. The van der Waals surface area contributed by atoms with Crippen LogP contribution in [0.4, 0.5) is 13.2 Å². The number of amides is 1. The number of carbonyl (C=O) groups excluding carboxylic acids is 1. The van der Waals surface area contributed by atoms with Crippen molar-refractivity contribution in [3.05, 3.63) is 29.3 Å². The summed E-state index contributed by atoms with van der Waals surface area (Å²) in [6.07, 6.45) is -4.51. The van der Waals surface area contributed by atoms with Gasteiger partial charge in [-0.25, -0.2) is 0 Å². The van der Waals surface area contributed by atoms with Crippen LogP contribution in [0.5, 0.6) is 5.75 Å². The van der Waals surface area contributed by atoms with E-state index in [2.05, 4.69) is 0 Å². The van der Waals surface area contributed by atoms with E-state index < -0.39 is 18.6 Å². The summed E-state index contributed by atoms with van der Waals surface area (Å²) < 4.78 is 37.1. The molecular formula is C12H13ClF3NO2. The van der Waals surface area contributed by atoms with E-state index in [0.717, 1.165) is 0 Å². The van der Waals surface area contributed by atoms with Gasteiger partial charge in [-0.05, 0) is 24.6 Å². The zero-order chi connectivity index (χ0) is 14.6. The first-order valence-corrected chi connectivity index (χ1v) is 5.99. The van der Waals surface area contributed by atoms with Crippen LogP contribution in [0.2, 0.25) is 0 Å². The van der Waals surface area contributed by atoms with Crippen molar-refractivity contribution in [2.45, 2.75) is 13.1 Å². The van der Waals surface area contributed by atoms with Crippen molar-refractivity contribution in [2.24, 2.45) is 0 Å². The van der Waals surface area contributed by atoms with Crippen LogP contribution in [0.1, 0.15) is 15.9 Å². The molecule has 1 N–H and O–H groups in total. The molecule has 19 heavy (non-hydrogen) atoms. The molecule has 0 aliphatic rings. The van der Waals surface area contributed by atoms with E-state index >= 15 is 0 Å². The minimum Gasteiger partial charge on any atom is -0.507 e. The van der Waals surface area contributed by atoms with E-state index in [9.17, 15) is 23.1 Å². The molecule has 1 aromatic carbocycles. The summed E-state index contributed by atoms with van der Waals surface area (Å²) in [6, 6.07) is 4.16. The Labute approximate surface area is 113 Å². The molecule has 0 aliphatic heterocycles. The fourth-order valence-electron chi connectivity index (χ4n) is 1.56.